The van der Waals surface area contributed by atoms with Gasteiger partial charge in [-0.05, 0) is 50.3 Å². The number of carbonyl (C=O) groups is 1. The van der Waals surface area contributed by atoms with E-state index in [4.69, 9.17) is 4.52 Å². The maximum atomic E-state index is 15.0. The molecule has 1 saturated heterocycles. The average Bonchev–Trinajstić information content (AvgIpc) is 3.24. The molecule has 1 aliphatic heterocycles. The standard InChI is InChI=1S/C20H20FN5O2S/c21-14-11-13(17-23-19(28-25-17)12-4-5-12)6-7-15(14)26-9-2-1-3-16(26)18(27)24-20-22-8-10-29-20/h6-8,10-12,16H,1-5,9H2,(H,22,24,27). The molecule has 150 valence electrons. The van der Waals surface area contributed by atoms with E-state index in [-0.39, 0.29) is 5.91 Å². The van der Waals surface area contributed by atoms with E-state index in [2.05, 4.69) is 20.4 Å². The molecule has 3 heterocycles. The summed E-state index contributed by atoms with van der Waals surface area (Å²) < 4.78 is 20.3. The molecule has 1 amide bonds. The fraction of sp³-hybridized carbons (Fsp3) is 0.400. The highest BCUT2D eigenvalue weighted by atomic mass is 32.1. The Balaban J connectivity index is 1.38. The molecule has 0 bridgehead atoms. The maximum Gasteiger partial charge on any atom is 0.248 e. The van der Waals surface area contributed by atoms with Gasteiger partial charge in [0.25, 0.3) is 0 Å². The van der Waals surface area contributed by atoms with Gasteiger partial charge in [-0.2, -0.15) is 4.98 Å². The number of benzene rings is 1. The monoisotopic (exact) mass is 413 g/mol. The fourth-order valence-corrected chi connectivity index (χ4v) is 4.23. The molecule has 1 saturated carbocycles. The molecule has 3 aromatic rings. The predicted molar refractivity (Wildman–Crippen MR) is 107 cm³/mol. The minimum atomic E-state index is -0.431. The molecule has 7 nitrogen and oxygen atoms in total. The lowest BCUT2D eigenvalue weighted by Crippen LogP contribution is -2.47. The van der Waals surface area contributed by atoms with E-state index in [1.165, 1.54) is 17.4 Å². The summed E-state index contributed by atoms with van der Waals surface area (Å²) in [7, 11) is 0. The van der Waals surface area contributed by atoms with Crippen molar-refractivity contribution in [1.29, 1.82) is 0 Å². The average molecular weight is 413 g/mol. The maximum absolute atomic E-state index is 15.0. The van der Waals surface area contributed by atoms with E-state index in [0.29, 0.717) is 47.0 Å². The van der Waals surface area contributed by atoms with Crippen molar-refractivity contribution in [1.82, 2.24) is 15.1 Å². The van der Waals surface area contributed by atoms with Gasteiger partial charge >= 0.3 is 0 Å². The van der Waals surface area contributed by atoms with Crippen molar-refractivity contribution in [3.63, 3.8) is 0 Å². The number of aromatic nitrogens is 3. The number of hydrogen-bond acceptors (Lipinski definition) is 7. The number of nitrogens with zero attached hydrogens (tertiary/aromatic N) is 4. The first kappa shape index (κ1) is 18.2. The molecule has 1 atom stereocenters. The Labute approximate surface area is 171 Å². The summed E-state index contributed by atoms with van der Waals surface area (Å²) in [5.41, 5.74) is 0.987. The van der Waals surface area contributed by atoms with Crippen LogP contribution in [0.2, 0.25) is 0 Å². The van der Waals surface area contributed by atoms with Crippen LogP contribution in [0.25, 0.3) is 11.4 Å². The van der Waals surface area contributed by atoms with Crippen molar-refractivity contribution in [2.24, 2.45) is 0 Å². The zero-order valence-corrected chi connectivity index (χ0v) is 16.5. The molecule has 2 aromatic heterocycles. The Morgan fingerprint density at radius 2 is 2.17 bits per heavy atom. The second-order valence-corrected chi connectivity index (χ2v) is 8.32. The van der Waals surface area contributed by atoms with Crippen LogP contribution in [-0.4, -0.2) is 33.6 Å². The molecule has 0 radical (unpaired) electrons. The number of amides is 1. The van der Waals surface area contributed by atoms with Gasteiger partial charge in [0.05, 0.1) is 5.69 Å². The molecular weight excluding hydrogens is 393 g/mol. The number of thiazole rings is 1. The van der Waals surface area contributed by atoms with Crippen LogP contribution in [0.5, 0.6) is 0 Å². The summed E-state index contributed by atoms with van der Waals surface area (Å²) in [6.07, 6.45) is 6.29. The lowest BCUT2D eigenvalue weighted by molar-refractivity contribution is -0.117. The number of rotatable bonds is 5. The fourth-order valence-electron chi connectivity index (χ4n) is 3.69. The van der Waals surface area contributed by atoms with Gasteiger partial charge in [0.1, 0.15) is 11.9 Å². The molecule has 2 fully saturated rings. The quantitative estimate of drug-likeness (QED) is 0.675. The van der Waals surface area contributed by atoms with Crippen LogP contribution in [0.15, 0.2) is 34.3 Å². The summed E-state index contributed by atoms with van der Waals surface area (Å²) in [6, 6.07) is 4.47. The second kappa shape index (κ2) is 7.55. The summed E-state index contributed by atoms with van der Waals surface area (Å²) in [6.45, 7) is 0.625. The number of piperidine rings is 1. The highest BCUT2D eigenvalue weighted by Gasteiger charge is 2.32. The number of anilines is 2. The lowest BCUT2D eigenvalue weighted by atomic mass is 10.00. The van der Waals surface area contributed by atoms with Crippen molar-refractivity contribution in [2.45, 2.75) is 44.1 Å². The summed E-state index contributed by atoms with van der Waals surface area (Å²) >= 11 is 1.36. The van der Waals surface area contributed by atoms with Crippen molar-refractivity contribution < 1.29 is 13.7 Å². The van der Waals surface area contributed by atoms with Gasteiger partial charge in [0.15, 0.2) is 5.13 Å². The van der Waals surface area contributed by atoms with Crippen molar-refractivity contribution in [2.75, 3.05) is 16.8 Å². The van der Waals surface area contributed by atoms with Gasteiger partial charge in [-0.3, -0.25) is 4.79 Å². The van der Waals surface area contributed by atoms with Gasteiger partial charge in [-0.25, -0.2) is 9.37 Å². The Bertz CT molecular complexity index is 1020. The molecule has 9 heteroatoms. The molecule has 1 unspecified atom stereocenters. The minimum absolute atomic E-state index is 0.157. The molecule has 0 spiro atoms. The molecule has 2 aliphatic rings. The van der Waals surface area contributed by atoms with E-state index in [9.17, 15) is 4.79 Å². The van der Waals surface area contributed by atoms with Crippen LogP contribution in [0, 0.1) is 5.82 Å². The first-order valence-corrected chi connectivity index (χ1v) is 10.7. The smallest absolute Gasteiger partial charge is 0.248 e. The molecular formula is C20H20FN5O2S. The number of hydrogen-bond donors (Lipinski definition) is 1. The van der Waals surface area contributed by atoms with Gasteiger partial charge in [-0.15, -0.1) is 11.3 Å². The molecule has 1 N–H and O–H groups in total. The van der Waals surface area contributed by atoms with E-state index < -0.39 is 11.9 Å². The van der Waals surface area contributed by atoms with Crippen molar-refractivity contribution in [3.05, 3.63) is 41.5 Å². The Kier molecular flexibility index (Phi) is 4.75. The molecule has 1 aliphatic carbocycles. The normalized spacial score (nSPS) is 19.3. The molecule has 5 rings (SSSR count). The first-order chi connectivity index (χ1) is 14.2. The lowest BCUT2D eigenvalue weighted by Gasteiger charge is -2.36. The third kappa shape index (κ3) is 3.74. The predicted octanol–water partition coefficient (Wildman–Crippen LogP) is 4.21. The third-order valence-corrected chi connectivity index (χ3v) is 6.04. The van der Waals surface area contributed by atoms with Crippen molar-refractivity contribution in [3.8, 4) is 11.4 Å². The summed E-state index contributed by atoms with van der Waals surface area (Å²) in [4.78, 5) is 23.1. The highest BCUT2D eigenvalue weighted by Crippen LogP contribution is 2.39. The van der Waals surface area contributed by atoms with E-state index in [1.54, 1.807) is 23.7 Å². The SMILES string of the molecule is O=C(Nc1nccs1)C1CCCCN1c1ccc(-c2noc(C3CC3)n2)cc1F. The van der Waals surface area contributed by atoms with Crippen LogP contribution in [0.3, 0.4) is 0 Å². The second-order valence-electron chi connectivity index (χ2n) is 7.43. The van der Waals surface area contributed by atoms with Gasteiger partial charge in [0.2, 0.25) is 17.6 Å². The topological polar surface area (TPSA) is 84.2 Å². The van der Waals surface area contributed by atoms with Crippen LogP contribution in [0.4, 0.5) is 15.2 Å². The van der Waals surface area contributed by atoms with E-state index >= 15 is 4.39 Å². The van der Waals surface area contributed by atoms with Crippen LogP contribution in [-0.2, 0) is 4.79 Å². The first-order valence-electron chi connectivity index (χ1n) is 9.79. The Hall–Kier alpha value is -2.81. The zero-order valence-electron chi connectivity index (χ0n) is 15.7. The zero-order chi connectivity index (χ0) is 19.8. The van der Waals surface area contributed by atoms with E-state index in [0.717, 1.165) is 25.7 Å². The summed E-state index contributed by atoms with van der Waals surface area (Å²) in [5, 5.41) is 9.18. The number of nitrogens with one attached hydrogen (secondary N) is 1. The summed E-state index contributed by atoms with van der Waals surface area (Å²) in [5.74, 6) is 0.823. The van der Waals surface area contributed by atoms with Crippen molar-refractivity contribution >= 4 is 28.1 Å². The minimum Gasteiger partial charge on any atom is -0.357 e. The Morgan fingerprint density at radius 3 is 2.93 bits per heavy atom. The largest absolute Gasteiger partial charge is 0.357 e. The van der Waals surface area contributed by atoms with Gasteiger partial charge < -0.3 is 14.7 Å². The highest BCUT2D eigenvalue weighted by molar-refractivity contribution is 7.13. The Morgan fingerprint density at radius 1 is 1.28 bits per heavy atom. The molecule has 1 aromatic carbocycles. The third-order valence-electron chi connectivity index (χ3n) is 5.35. The number of carbonyl (C=O) groups excluding carboxylic acids is 1. The van der Waals surface area contributed by atoms with Crippen LogP contribution in [0.1, 0.15) is 43.9 Å². The number of halogens is 1. The van der Waals surface area contributed by atoms with Gasteiger partial charge in [0, 0.05) is 29.6 Å². The van der Waals surface area contributed by atoms with Gasteiger partial charge in [-0.1, -0.05) is 5.16 Å². The van der Waals surface area contributed by atoms with Crippen LogP contribution < -0.4 is 10.2 Å². The van der Waals surface area contributed by atoms with Crippen LogP contribution >= 0.6 is 11.3 Å². The molecule has 29 heavy (non-hydrogen) atoms. The van der Waals surface area contributed by atoms with E-state index in [1.807, 2.05) is 4.90 Å².